The van der Waals surface area contributed by atoms with Crippen molar-refractivity contribution >= 4 is 0 Å². The number of hydrogen-bond acceptors (Lipinski definition) is 3. The quantitative estimate of drug-likeness (QED) is 0.504. The highest BCUT2D eigenvalue weighted by atomic mass is 19.1. The van der Waals surface area contributed by atoms with Gasteiger partial charge in [0.25, 0.3) is 0 Å². The molecule has 0 aromatic heterocycles. The van der Waals surface area contributed by atoms with E-state index in [1.54, 1.807) is 0 Å². The van der Waals surface area contributed by atoms with Gasteiger partial charge in [0.2, 0.25) is 0 Å². The molecule has 0 aliphatic heterocycles. The van der Waals surface area contributed by atoms with Gasteiger partial charge >= 0.3 is 0 Å². The highest BCUT2D eigenvalue weighted by Crippen LogP contribution is 2.67. The van der Waals surface area contributed by atoms with E-state index in [0.29, 0.717) is 47.8 Å². The van der Waals surface area contributed by atoms with E-state index < -0.39 is 24.0 Å². The maximum absolute atomic E-state index is 14.1. The van der Waals surface area contributed by atoms with Crippen molar-refractivity contribution < 1.29 is 19.7 Å². The molecule has 0 saturated heterocycles. The van der Waals surface area contributed by atoms with E-state index in [1.807, 2.05) is 0 Å². The Morgan fingerprint density at radius 1 is 1.13 bits per heavy atom. The van der Waals surface area contributed by atoms with E-state index in [4.69, 9.17) is 0 Å². The van der Waals surface area contributed by atoms with Gasteiger partial charge in [0.05, 0.1) is 18.3 Å². The lowest BCUT2D eigenvalue weighted by atomic mass is 9.46. The van der Waals surface area contributed by atoms with Crippen molar-refractivity contribution in [3.8, 4) is 0 Å². The Labute approximate surface area is 188 Å². The first kappa shape index (κ1) is 23.7. The first-order valence-corrected chi connectivity index (χ1v) is 12.8. The van der Waals surface area contributed by atoms with Gasteiger partial charge in [0, 0.05) is 11.8 Å². The molecule has 0 heterocycles. The van der Waals surface area contributed by atoms with Gasteiger partial charge in [-0.25, -0.2) is 4.39 Å². The maximum Gasteiger partial charge on any atom is 0.131 e. The van der Waals surface area contributed by atoms with Crippen LogP contribution >= 0.6 is 0 Å². The van der Waals surface area contributed by atoms with Gasteiger partial charge in [-0.15, -0.1) is 0 Å². The first-order valence-electron chi connectivity index (χ1n) is 12.8. The minimum atomic E-state index is -1.53. The molecule has 0 aromatic rings. The molecule has 3 N–H and O–H groups in total. The van der Waals surface area contributed by atoms with E-state index >= 15 is 0 Å². The molecule has 0 aromatic carbocycles. The van der Waals surface area contributed by atoms with E-state index in [0.717, 1.165) is 25.7 Å². The lowest BCUT2D eigenvalue weighted by Crippen LogP contribution is -2.55. The zero-order valence-corrected chi connectivity index (χ0v) is 20.3. The third-order valence-electron chi connectivity index (χ3n) is 10.6. The standard InChI is InChI=1S/C27H45FO3/c1-16(6-11-23(30)25(2,3)28)20-9-10-21-19-8-7-17-14-18(29)15-24(31)27(17,5)22(19)12-13-26(20,21)4/h7,16,18-24,29-31H,6,8-15H2,1-5H3/t16-,18-,19+,20-,21+,22+,23?,24+,26-,27+/m1/s1. The summed E-state index contributed by atoms with van der Waals surface area (Å²) in [5.74, 6) is 2.92. The third kappa shape index (κ3) is 3.83. The molecular weight excluding hydrogens is 391 g/mol. The fourth-order valence-corrected chi connectivity index (χ4v) is 8.64. The first-order chi connectivity index (χ1) is 14.4. The zero-order valence-electron chi connectivity index (χ0n) is 20.3. The summed E-state index contributed by atoms with van der Waals surface area (Å²) < 4.78 is 14.1. The number of aliphatic hydroxyl groups excluding tert-OH is 3. The summed E-state index contributed by atoms with van der Waals surface area (Å²) in [7, 11) is 0. The predicted octanol–water partition coefficient (Wildman–Crippen LogP) is 5.42. The highest BCUT2D eigenvalue weighted by molar-refractivity contribution is 5.27. The van der Waals surface area contributed by atoms with Crippen LogP contribution in [0, 0.1) is 40.4 Å². The van der Waals surface area contributed by atoms with Crippen LogP contribution in [0.15, 0.2) is 11.6 Å². The average molecular weight is 437 g/mol. The van der Waals surface area contributed by atoms with Crippen molar-refractivity contribution in [2.75, 3.05) is 0 Å². The largest absolute Gasteiger partial charge is 0.393 e. The van der Waals surface area contributed by atoms with Gasteiger partial charge in [-0.05, 0) is 100 Å². The molecule has 31 heavy (non-hydrogen) atoms. The van der Waals surface area contributed by atoms with Crippen LogP contribution in [0.25, 0.3) is 0 Å². The summed E-state index contributed by atoms with van der Waals surface area (Å²) in [6, 6.07) is 0. The summed E-state index contributed by atoms with van der Waals surface area (Å²) in [6.45, 7) is 10.0. The third-order valence-corrected chi connectivity index (χ3v) is 10.6. The molecule has 4 heteroatoms. The molecule has 3 saturated carbocycles. The van der Waals surface area contributed by atoms with Crippen LogP contribution in [-0.4, -0.2) is 39.3 Å². The summed E-state index contributed by atoms with van der Waals surface area (Å²) >= 11 is 0. The van der Waals surface area contributed by atoms with Gasteiger partial charge in [0.1, 0.15) is 5.67 Å². The monoisotopic (exact) mass is 436 g/mol. The Morgan fingerprint density at radius 2 is 1.84 bits per heavy atom. The number of hydrogen-bond donors (Lipinski definition) is 3. The second kappa shape index (κ2) is 8.09. The number of halogens is 1. The predicted molar refractivity (Wildman–Crippen MR) is 122 cm³/mol. The summed E-state index contributed by atoms with van der Waals surface area (Å²) in [5, 5.41) is 31.5. The molecule has 3 fully saturated rings. The highest BCUT2D eigenvalue weighted by Gasteiger charge is 2.60. The number of allylic oxidation sites excluding steroid dienone is 1. The lowest BCUT2D eigenvalue weighted by molar-refractivity contribution is -0.108. The van der Waals surface area contributed by atoms with Crippen LogP contribution in [-0.2, 0) is 0 Å². The Kier molecular flexibility index (Phi) is 6.19. The van der Waals surface area contributed by atoms with Gasteiger partial charge in [-0.3, -0.25) is 0 Å². The van der Waals surface area contributed by atoms with Crippen molar-refractivity contribution in [2.45, 2.75) is 116 Å². The Balaban J connectivity index is 1.50. The fourth-order valence-electron chi connectivity index (χ4n) is 8.64. The van der Waals surface area contributed by atoms with Gasteiger partial charge in [0.15, 0.2) is 0 Å². The van der Waals surface area contributed by atoms with Crippen molar-refractivity contribution in [3.63, 3.8) is 0 Å². The molecule has 4 rings (SSSR count). The van der Waals surface area contributed by atoms with E-state index in [1.165, 1.54) is 38.7 Å². The Morgan fingerprint density at radius 3 is 2.52 bits per heavy atom. The second-order valence-electron chi connectivity index (χ2n) is 12.6. The van der Waals surface area contributed by atoms with Crippen LogP contribution in [0.1, 0.15) is 92.4 Å². The van der Waals surface area contributed by atoms with Gasteiger partial charge in [-0.1, -0.05) is 32.4 Å². The number of rotatable bonds is 5. The molecular formula is C27H45FO3. The molecule has 3 nitrogen and oxygen atoms in total. The topological polar surface area (TPSA) is 60.7 Å². The number of aliphatic hydroxyl groups is 3. The van der Waals surface area contributed by atoms with E-state index in [-0.39, 0.29) is 5.41 Å². The molecule has 0 bridgehead atoms. The SMILES string of the molecule is C[C@H](CCC(O)C(C)(C)F)[C@H]1CC[C@H]2[C@@H]3CC=C4C[C@@H](O)C[C@H](O)[C@]4(C)[C@H]3CC[C@]12C. The van der Waals surface area contributed by atoms with Crippen LogP contribution < -0.4 is 0 Å². The van der Waals surface area contributed by atoms with Crippen LogP contribution in [0.4, 0.5) is 4.39 Å². The average Bonchev–Trinajstić information content (AvgIpc) is 3.03. The molecule has 178 valence electrons. The Bertz CT molecular complexity index is 699. The van der Waals surface area contributed by atoms with E-state index in [2.05, 4.69) is 26.8 Å². The van der Waals surface area contributed by atoms with Crippen LogP contribution in [0.5, 0.6) is 0 Å². The van der Waals surface area contributed by atoms with E-state index in [9.17, 15) is 19.7 Å². The molecule has 10 atom stereocenters. The Hall–Kier alpha value is -0.450. The molecule has 4 aliphatic rings. The number of alkyl halides is 1. The summed E-state index contributed by atoms with van der Waals surface area (Å²) in [6.07, 6.45) is 9.21. The smallest absolute Gasteiger partial charge is 0.131 e. The zero-order chi connectivity index (χ0) is 22.8. The van der Waals surface area contributed by atoms with Crippen molar-refractivity contribution in [1.29, 1.82) is 0 Å². The summed E-state index contributed by atoms with van der Waals surface area (Å²) in [4.78, 5) is 0. The normalized spacial score (nSPS) is 47.1. The van der Waals surface area contributed by atoms with Crippen molar-refractivity contribution in [1.82, 2.24) is 0 Å². The van der Waals surface area contributed by atoms with Gasteiger partial charge < -0.3 is 15.3 Å². The molecule has 4 aliphatic carbocycles. The number of fused-ring (bicyclic) bond motifs is 5. The minimum absolute atomic E-state index is 0.177. The summed E-state index contributed by atoms with van der Waals surface area (Å²) in [5.41, 5.74) is -0.105. The van der Waals surface area contributed by atoms with Crippen LogP contribution in [0.2, 0.25) is 0 Å². The second-order valence-corrected chi connectivity index (χ2v) is 12.6. The van der Waals surface area contributed by atoms with Crippen LogP contribution in [0.3, 0.4) is 0 Å². The molecule has 1 unspecified atom stereocenters. The van der Waals surface area contributed by atoms with Crippen molar-refractivity contribution in [3.05, 3.63) is 11.6 Å². The lowest BCUT2D eigenvalue weighted by Gasteiger charge is -2.59. The molecule has 0 amide bonds. The maximum atomic E-state index is 14.1. The van der Waals surface area contributed by atoms with Gasteiger partial charge in [-0.2, -0.15) is 0 Å². The minimum Gasteiger partial charge on any atom is -0.393 e. The molecule has 0 radical (unpaired) electrons. The molecule has 0 spiro atoms. The van der Waals surface area contributed by atoms with Crippen molar-refractivity contribution in [2.24, 2.45) is 40.4 Å². The fraction of sp³-hybridized carbons (Fsp3) is 0.926.